The quantitative estimate of drug-likeness (QED) is 0.440. The van der Waals surface area contributed by atoms with Crippen LogP contribution in [0.3, 0.4) is 0 Å². The molecule has 0 spiro atoms. The summed E-state index contributed by atoms with van der Waals surface area (Å²) in [5.74, 6) is 0.302. The standard InChI is InChI=1S/C8H15NO2/c1-2-8(11)5-3-4-6-9-7-10/h7H,2-6H2,1H3,(H,9,10). The van der Waals surface area contributed by atoms with Crippen LogP contribution in [0.4, 0.5) is 0 Å². The molecule has 0 saturated carbocycles. The van der Waals surface area contributed by atoms with Crippen LogP contribution >= 0.6 is 0 Å². The van der Waals surface area contributed by atoms with Crippen LogP contribution in [-0.4, -0.2) is 18.7 Å². The van der Waals surface area contributed by atoms with Crippen molar-refractivity contribution >= 4 is 12.2 Å². The molecule has 0 unspecified atom stereocenters. The molecule has 0 aromatic carbocycles. The first-order valence-electron chi connectivity index (χ1n) is 4.00. The van der Waals surface area contributed by atoms with Crippen LogP contribution in [0.15, 0.2) is 0 Å². The van der Waals surface area contributed by atoms with Crippen LogP contribution < -0.4 is 5.32 Å². The van der Waals surface area contributed by atoms with Crippen molar-refractivity contribution in [3.05, 3.63) is 0 Å². The largest absolute Gasteiger partial charge is 0.359 e. The Bertz CT molecular complexity index is 123. The lowest BCUT2D eigenvalue weighted by molar-refractivity contribution is -0.118. The van der Waals surface area contributed by atoms with Crippen molar-refractivity contribution in [2.75, 3.05) is 6.54 Å². The summed E-state index contributed by atoms with van der Waals surface area (Å²) in [5.41, 5.74) is 0. The molecular weight excluding hydrogens is 142 g/mol. The van der Waals surface area contributed by atoms with Crippen molar-refractivity contribution in [1.29, 1.82) is 0 Å². The van der Waals surface area contributed by atoms with E-state index in [1.165, 1.54) is 0 Å². The Morgan fingerprint density at radius 1 is 1.45 bits per heavy atom. The molecule has 3 heteroatoms. The number of ketones is 1. The number of carbonyl (C=O) groups excluding carboxylic acids is 2. The number of amides is 1. The Balaban J connectivity index is 3.01. The summed E-state index contributed by atoms with van der Waals surface area (Å²) in [6.07, 6.45) is 3.73. The Morgan fingerprint density at radius 3 is 2.73 bits per heavy atom. The van der Waals surface area contributed by atoms with E-state index >= 15 is 0 Å². The average Bonchev–Trinajstić information content (AvgIpc) is 2.04. The van der Waals surface area contributed by atoms with Crippen molar-refractivity contribution in [3.8, 4) is 0 Å². The predicted molar refractivity (Wildman–Crippen MR) is 43.2 cm³/mol. The van der Waals surface area contributed by atoms with E-state index in [9.17, 15) is 9.59 Å². The lowest BCUT2D eigenvalue weighted by atomic mass is 10.1. The molecule has 0 aliphatic heterocycles. The van der Waals surface area contributed by atoms with Crippen LogP contribution in [0.25, 0.3) is 0 Å². The molecule has 0 fully saturated rings. The minimum atomic E-state index is 0.302. The molecule has 3 nitrogen and oxygen atoms in total. The fourth-order valence-corrected chi connectivity index (χ4v) is 0.785. The van der Waals surface area contributed by atoms with E-state index in [1.807, 2.05) is 6.92 Å². The third kappa shape index (κ3) is 7.03. The summed E-state index contributed by atoms with van der Waals surface area (Å²) in [4.78, 5) is 20.5. The maximum absolute atomic E-state index is 10.8. The number of Topliss-reactive ketones (excluding diaryl/α,β-unsaturated/α-hetero) is 1. The summed E-state index contributed by atoms with van der Waals surface area (Å²) in [5, 5.41) is 2.55. The lowest BCUT2D eigenvalue weighted by Gasteiger charge is -1.97. The second-order valence-electron chi connectivity index (χ2n) is 2.42. The van der Waals surface area contributed by atoms with Gasteiger partial charge in [-0.1, -0.05) is 6.92 Å². The number of hydrogen-bond acceptors (Lipinski definition) is 2. The number of rotatable bonds is 7. The highest BCUT2D eigenvalue weighted by atomic mass is 16.1. The lowest BCUT2D eigenvalue weighted by Crippen LogP contribution is -2.12. The Labute approximate surface area is 67.2 Å². The normalized spacial score (nSPS) is 9.18. The van der Waals surface area contributed by atoms with Gasteiger partial charge in [0.2, 0.25) is 6.41 Å². The molecule has 0 atom stereocenters. The molecule has 0 aromatic heterocycles. The van der Waals surface area contributed by atoms with E-state index < -0.39 is 0 Å². The highest BCUT2D eigenvalue weighted by molar-refractivity contribution is 5.77. The summed E-state index contributed by atoms with van der Waals surface area (Å²) in [6.45, 7) is 2.55. The molecule has 0 rings (SSSR count). The van der Waals surface area contributed by atoms with Gasteiger partial charge in [0.25, 0.3) is 0 Å². The van der Waals surface area contributed by atoms with Crippen LogP contribution in [0.2, 0.25) is 0 Å². The topological polar surface area (TPSA) is 46.2 Å². The summed E-state index contributed by atoms with van der Waals surface area (Å²) >= 11 is 0. The number of nitrogens with one attached hydrogen (secondary N) is 1. The van der Waals surface area contributed by atoms with Gasteiger partial charge in [0.1, 0.15) is 5.78 Å². The molecule has 0 radical (unpaired) electrons. The van der Waals surface area contributed by atoms with Crippen molar-refractivity contribution < 1.29 is 9.59 Å². The van der Waals surface area contributed by atoms with Gasteiger partial charge in [-0.25, -0.2) is 0 Å². The smallest absolute Gasteiger partial charge is 0.207 e. The molecule has 0 heterocycles. The first kappa shape index (κ1) is 10.1. The zero-order valence-corrected chi connectivity index (χ0v) is 6.93. The third-order valence-electron chi connectivity index (χ3n) is 1.50. The summed E-state index contributed by atoms with van der Waals surface area (Å²) in [7, 11) is 0. The van der Waals surface area contributed by atoms with Gasteiger partial charge in [-0.15, -0.1) is 0 Å². The Morgan fingerprint density at radius 2 is 2.18 bits per heavy atom. The fourth-order valence-electron chi connectivity index (χ4n) is 0.785. The van der Waals surface area contributed by atoms with E-state index in [2.05, 4.69) is 5.32 Å². The molecule has 0 aromatic rings. The van der Waals surface area contributed by atoms with E-state index in [1.54, 1.807) is 0 Å². The highest BCUT2D eigenvalue weighted by Gasteiger charge is 1.96. The first-order chi connectivity index (χ1) is 5.31. The molecule has 0 saturated heterocycles. The van der Waals surface area contributed by atoms with Gasteiger partial charge in [-0.2, -0.15) is 0 Å². The van der Waals surface area contributed by atoms with Gasteiger partial charge in [-0.3, -0.25) is 9.59 Å². The second kappa shape index (κ2) is 7.25. The maximum atomic E-state index is 10.8. The zero-order chi connectivity index (χ0) is 8.53. The van der Waals surface area contributed by atoms with Gasteiger partial charge in [0, 0.05) is 19.4 Å². The number of carbonyl (C=O) groups is 2. The van der Waals surface area contributed by atoms with Gasteiger partial charge in [0.05, 0.1) is 0 Å². The van der Waals surface area contributed by atoms with E-state index in [0.717, 1.165) is 12.8 Å². The monoisotopic (exact) mass is 157 g/mol. The van der Waals surface area contributed by atoms with Gasteiger partial charge in [0.15, 0.2) is 0 Å². The highest BCUT2D eigenvalue weighted by Crippen LogP contribution is 1.97. The molecule has 0 aliphatic rings. The fraction of sp³-hybridized carbons (Fsp3) is 0.750. The minimum absolute atomic E-state index is 0.302. The number of unbranched alkanes of at least 4 members (excludes halogenated alkanes) is 1. The third-order valence-corrected chi connectivity index (χ3v) is 1.50. The van der Waals surface area contributed by atoms with Gasteiger partial charge in [-0.05, 0) is 12.8 Å². The second-order valence-corrected chi connectivity index (χ2v) is 2.42. The Kier molecular flexibility index (Phi) is 6.68. The SMILES string of the molecule is CCC(=O)CCCCNC=O. The van der Waals surface area contributed by atoms with E-state index in [4.69, 9.17) is 0 Å². The van der Waals surface area contributed by atoms with Crippen molar-refractivity contribution in [1.82, 2.24) is 5.32 Å². The predicted octanol–water partition coefficient (Wildman–Crippen LogP) is 0.882. The average molecular weight is 157 g/mol. The Hall–Kier alpha value is -0.860. The summed E-state index contributed by atoms with van der Waals surface area (Å²) < 4.78 is 0. The van der Waals surface area contributed by atoms with Crippen molar-refractivity contribution in [2.24, 2.45) is 0 Å². The summed E-state index contributed by atoms with van der Waals surface area (Å²) in [6, 6.07) is 0. The zero-order valence-electron chi connectivity index (χ0n) is 6.93. The first-order valence-corrected chi connectivity index (χ1v) is 4.00. The molecule has 1 amide bonds. The number of hydrogen-bond donors (Lipinski definition) is 1. The minimum Gasteiger partial charge on any atom is -0.359 e. The van der Waals surface area contributed by atoms with Crippen LogP contribution in [-0.2, 0) is 9.59 Å². The molecular formula is C8H15NO2. The molecule has 0 bridgehead atoms. The molecule has 0 aliphatic carbocycles. The van der Waals surface area contributed by atoms with E-state index in [-0.39, 0.29) is 0 Å². The van der Waals surface area contributed by atoms with E-state index in [0.29, 0.717) is 31.6 Å². The van der Waals surface area contributed by atoms with Gasteiger partial charge >= 0.3 is 0 Å². The molecule has 64 valence electrons. The van der Waals surface area contributed by atoms with Crippen LogP contribution in [0.5, 0.6) is 0 Å². The molecule has 11 heavy (non-hydrogen) atoms. The molecule has 1 N–H and O–H groups in total. The van der Waals surface area contributed by atoms with Crippen molar-refractivity contribution in [3.63, 3.8) is 0 Å². The van der Waals surface area contributed by atoms with Crippen molar-refractivity contribution in [2.45, 2.75) is 32.6 Å². The van der Waals surface area contributed by atoms with Crippen LogP contribution in [0, 0.1) is 0 Å². The van der Waals surface area contributed by atoms with Gasteiger partial charge < -0.3 is 5.32 Å². The maximum Gasteiger partial charge on any atom is 0.207 e. The van der Waals surface area contributed by atoms with Crippen LogP contribution in [0.1, 0.15) is 32.6 Å².